The maximum atomic E-state index is 10.8. The van der Waals surface area contributed by atoms with E-state index in [2.05, 4.69) is 11.6 Å². The topological polar surface area (TPSA) is 119 Å². The quantitative estimate of drug-likeness (QED) is 0.461. The molecular formula is C16H35ClF2O7S3. The van der Waals surface area contributed by atoms with Gasteiger partial charge in [-0.05, 0) is 25.7 Å². The molecule has 0 aliphatic carbocycles. The fourth-order valence-electron chi connectivity index (χ4n) is 1.45. The molecule has 0 unspecified atom stereocenters. The normalized spacial score (nSPS) is 10.0. The molecule has 0 radical (unpaired) electrons. The standard InChI is InChI=1S/2C6H14O2S.C2H6OS.CHClF2.CO2/c2*1-3-5-9(7,8)6-4-2;1-4(2)3;2-1(3)4;2-1-3/h2*3-6H2,1-2H3;1-2H3;1H;. The molecule has 0 saturated heterocycles. The lowest BCUT2D eigenvalue weighted by Crippen LogP contribution is -2.09. The van der Waals surface area contributed by atoms with Crippen LogP contribution in [-0.2, 0) is 40.1 Å². The van der Waals surface area contributed by atoms with Gasteiger partial charge in [0, 0.05) is 46.3 Å². The Labute approximate surface area is 182 Å². The Kier molecular flexibility index (Phi) is 37.2. The van der Waals surface area contributed by atoms with Crippen molar-refractivity contribution in [1.82, 2.24) is 0 Å². The summed E-state index contributed by atoms with van der Waals surface area (Å²) in [5.41, 5.74) is 0. The summed E-state index contributed by atoms with van der Waals surface area (Å²) in [4.78, 5) is 16.2. The maximum Gasteiger partial charge on any atom is 0.373 e. The minimum atomic E-state index is -2.69. The number of hydrogen-bond acceptors (Lipinski definition) is 7. The third kappa shape index (κ3) is 74.3. The second-order valence-corrected chi connectivity index (χ2v) is 11.8. The van der Waals surface area contributed by atoms with Crippen LogP contribution in [-0.4, -0.2) is 68.6 Å². The van der Waals surface area contributed by atoms with Gasteiger partial charge in [-0.1, -0.05) is 39.3 Å². The Morgan fingerprint density at radius 3 is 0.931 bits per heavy atom. The second kappa shape index (κ2) is 27.6. The summed E-state index contributed by atoms with van der Waals surface area (Å²) in [5.74, 6) is -1.30. The van der Waals surface area contributed by atoms with E-state index in [-0.39, 0.29) is 6.15 Å². The van der Waals surface area contributed by atoms with Crippen molar-refractivity contribution in [1.29, 1.82) is 0 Å². The summed E-state index contributed by atoms with van der Waals surface area (Å²) < 4.78 is 73.1. The minimum absolute atomic E-state index is 0.250. The van der Waals surface area contributed by atoms with Gasteiger partial charge in [-0.3, -0.25) is 4.21 Å². The van der Waals surface area contributed by atoms with Crippen molar-refractivity contribution in [2.24, 2.45) is 0 Å². The van der Waals surface area contributed by atoms with Gasteiger partial charge in [0.25, 0.3) is 0 Å². The van der Waals surface area contributed by atoms with E-state index in [0.29, 0.717) is 23.0 Å². The first-order valence-electron chi connectivity index (χ1n) is 8.70. The summed E-state index contributed by atoms with van der Waals surface area (Å²) in [6.45, 7) is 7.53. The van der Waals surface area contributed by atoms with Gasteiger partial charge in [0.15, 0.2) is 0 Å². The van der Waals surface area contributed by atoms with E-state index in [1.54, 1.807) is 12.5 Å². The van der Waals surface area contributed by atoms with E-state index >= 15 is 0 Å². The van der Waals surface area contributed by atoms with Gasteiger partial charge in [-0.15, -0.1) is 0 Å². The average Bonchev–Trinajstić information content (AvgIpc) is 2.46. The zero-order valence-corrected chi connectivity index (χ0v) is 21.2. The van der Waals surface area contributed by atoms with Crippen molar-refractivity contribution < 1.29 is 39.4 Å². The SMILES string of the molecule is CCCS(=O)(=O)CCC.CCCS(=O)(=O)CCC.CS(C)=O.FC(F)Cl.O=C=O. The zero-order valence-electron chi connectivity index (χ0n) is 18.0. The molecule has 0 aromatic heterocycles. The van der Waals surface area contributed by atoms with E-state index < -0.39 is 36.4 Å². The fraction of sp³-hybridized carbons (Fsp3) is 0.938. The summed E-state index contributed by atoms with van der Waals surface area (Å²) in [6.07, 6.45) is 6.48. The third-order valence-electron chi connectivity index (χ3n) is 2.06. The first-order chi connectivity index (χ1) is 13.1. The highest BCUT2D eigenvalue weighted by Crippen LogP contribution is 1.95. The molecule has 0 amide bonds. The summed E-state index contributed by atoms with van der Waals surface area (Å²) in [5, 5.41) is 0. The molecule has 0 atom stereocenters. The van der Waals surface area contributed by atoms with Gasteiger partial charge in [0.05, 0.1) is 0 Å². The number of rotatable bonds is 8. The van der Waals surface area contributed by atoms with Crippen LogP contribution in [0.3, 0.4) is 0 Å². The highest BCUT2D eigenvalue weighted by molar-refractivity contribution is 7.91. The van der Waals surface area contributed by atoms with Crippen molar-refractivity contribution in [3.63, 3.8) is 0 Å². The summed E-state index contributed by atoms with van der Waals surface area (Å²) >= 11 is 3.94. The molecule has 7 nitrogen and oxygen atoms in total. The van der Waals surface area contributed by atoms with E-state index in [1.165, 1.54) is 0 Å². The number of halogens is 3. The number of alkyl halides is 3. The van der Waals surface area contributed by atoms with Gasteiger partial charge in [0.1, 0.15) is 19.7 Å². The minimum Gasteiger partial charge on any atom is -0.260 e. The van der Waals surface area contributed by atoms with Crippen LogP contribution < -0.4 is 0 Å². The van der Waals surface area contributed by atoms with Crippen LogP contribution in [0.2, 0.25) is 0 Å². The molecule has 0 saturated carbocycles. The van der Waals surface area contributed by atoms with E-state index in [0.717, 1.165) is 25.7 Å². The van der Waals surface area contributed by atoms with Gasteiger partial charge in [-0.25, -0.2) is 16.8 Å². The summed E-state index contributed by atoms with van der Waals surface area (Å²) in [6, 6.07) is 0. The van der Waals surface area contributed by atoms with Gasteiger partial charge in [0.2, 0.25) is 0 Å². The molecule has 0 aliphatic rings. The van der Waals surface area contributed by atoms with Crippen LogP contribution in [0.1, 0.15) is 53.4 Å². The third-order valence-corrected chi connectivity index (χ3v) is 6.18. The molecule has 0 aliphatic heterocycles. The molecule has 0 aromatic carbocycles. The predicted molar refractivity (Wildman–Crippen MR) is 115 cm³/mol. The number of hydrogen-bond donors (Lipinski definition) is 0. The Hall–Kier alpha value is -0.420. The Morgan fingerprint density at radius 1 is 0.759 bits per heavy atom. The Morgan fingerprint density at radius 2 is 0.862 bits per heavy atom. The highest BCUT2D eigenvalue weighted by Gasteiger charge is 2.06. The van der Waals surface area contributed by atoms with Crippen LogP contribution in [0, 0.1) is 0 Å². The Balaban J connectivity index is -0.0000000894. The second-order valence-electron chi connectivity index (χ2n) is 5.38. The summed E-state index contributed by atoms with van der Waals surface area (Å²) in [7, 11) is -5.97. The molecule has 0 rings (SSSR count). The van der Waals surface area contributed by atoms with Crippen LogP contribution in [0.15, 0.2) is 0 Å². The monoisotopic (exact) mass is 508 g/mol. The van der Waals surface area contributed by atoms with Gasteiger partial charge >= 0.3 is 12.0 Å². The molecule has 180 valence electrons. The fourth-order valence-corrected chi connectivity index (χ4v) is 4.34. The highest BCUT2D eigenvalue weighted by atomic mass is 35.5. The van der Waals surface area contributed by atoms with E-state index in [9.17, 15) is 29.8 Å². The van der Waals surface area contributed by atoms with Gasteiger partial charge in [-0.2, -0.15) is 18.4 Å². The lowest BCUT2D eigenvalue weighted by Gasteiger charge is -1.96. The van der Waals surface area contributed by atoms with Crippen LogP contribution in [0.25, 0.3) is 0 Å². The van der Waals surface area contributed by atoms with E-state index in [1.807, 2.05) is 27.7 Å². The van der Waals surface area contributed by atoms with Crippen LogP contribution in [0.5, 0.6) is 0 Å². The van der Waals surface area contributed by atoms with Crippen molar-refractivity contribution in [2.75, 3.05) is 35.5 Å². The predicted octanol–water partition coefficient (Wildman–Crippen LogP) is 3.30. The van der Waals surface area contributed by atoms with Crippen molar-refractivity contribution in [3.8, 4) is 0 Å². The first kappa shape index (κ1) is 39.1. The largest absolute Gasteiger partial charge is 0.373 e. The van der Waals surface area contributed by atoms with Crippen LogP contribution >= 0.6 is 11.6 Å². The molecule has 13 heteroatoms. The molecule has 0 heterocycles. The lowest BCUT2D eigenvalue weighted by molar-refractivity contribution is -0.191. The Bertz CT molecular complexity index is 521. The number of carbonyl (C=O) groups excluding carboxylic acids is 2. The molecular weight excluding hydrogens is 474 g/mol. The van der Waals surface area contributed by atoms with Crippen molar-refractivity contribution >= 4 is 48.2 Å². The van der Waals surface area contributed by atoms with Crippen molar-refractivity contribution in [3.05, 3.63) is 0 Å². The van der Waals surface area contributed by atoms with E-state index in [4.69, 9.17) is 9.59 Å². The smallest absolute Gasteiger partial charge is 0.260 e. The van der Waals surface area contributed by atoms with Gasteiger partial charge < -0.3 is 0 Å². The van der Waals surface area contributed by atoms with Crippen LogP contribution in [0.4, 0.5) is 8.78 Å². The number of sulfone groups is 2. The lowest BCUT2D eigenvalue weighted by atomic mass is 10.6. The van der Waals surface area contributed by atoms with Crippen molar-refractivity contribution in [2.45, 2.75) is 59.3 Å². The molecule has 0 fully saturated rings. The maximum absolute atomic E-state index is 10.8. The molecule has 0 aromatic rings. The zero-order chi connectivity index (χ0) is 24.5. The molecule has 0 spiro atoms. The average molecular weight is 509 g/mol. The molecule has 0 N–H and O–H groups in total. The first-order valence-corrected chi connectivity index (χ1v) is 14.7. The molecule has 0 bridgehead atoms. The molecule has 29 heavy (non-hydrogen) atoms.